The lowest BCUT2D eigenvalue weighted by molar-refractivity contribution is 0.0226. The van der Waals surface area contributed by atoms with Crippen LogP contribution in [0, 0.1) is 0 Å². The maximum absolute atomic E-state index is 13.3. The fraction of sp³-hybridized carbons (Fsp3) is 0.647. The molecule has 0 aromatic carbocycles. The molecule has 0 N–H and O–H groups in total. The van der Waals surface area contributed by atoms with Crippen molar-refractivity contribution in [3.63, 3.8) is 0 Å². The van der Waals surface area contributed by atoms with E-state index in [0.717, 1.165) is 11.5 Å². The summed E-state index contributed by atoms with van der Waals surface area (Å²) >= 11 is 8.35. The van der Waals surface area contributed by atoms with Crippen LogP contribution >= 0.6 is 34.2 Å². The Kier molecular flexibility index (Phi) is 5.72. The van der Waals surface area contributed by atoms with Crippen molar-refractivity contribution in [1.82, 2.24) is 9.88 Å². The lowest BCUT2D eigenvalue weighted by Crippen LogP contribution is -2.55. The number of hydrogen-bond acceptors (Lipinski definition) is 5. The van der Waals surface area contributed by atoms with Crippen LogP contribution in [-0.2, 0) is 4.74 Å². The molecule has 3 heterocycles. The molecule has 2 fully saturated rings. The van der Waals surface area contributed by atoms with Gasteiger partial charge in [0.05, 0.1) is 23.8 Å². The standard InChI is InChI=1S/C17H23ClFIN4O2/c1-17(2,3)26-16(25)24-5-4-22(10-14(24)20)15-13(6-11(18)7-21-15)23-8-12(19)9-23/h6-7,12,14H,4-5,8-10H2,1-3H3/t14-/m1/s1. The smallest absolute Gasteiger partial charge is 0.411 e. The van der Waals surface area contributed by atoms with Gasteiger partial charge >= 0.3 is 6.09 Å². The van der Waals surface area contributed by atoms with E-state index in [0.29, 0.717) is 37.7 Å². The predicted molar refractivity (Wildman–Crippen MR) is 109 cm³/mol. The molecule has 3 rings (SSSR count). The zero-order chi connectivity index (χ0) is 19.1. The summed E-state index contributed by atoms with van der Waals surface area (Å²) in [7, 11) is 0. The van der Waals surface area contributed by atoms with E-state index in [-0.39, 0.29) is 10.1 Å². The summed E-state index contributed by atoms with van der Waals surface area (Å²) in [6.45, 7) is 8.09. The van der Waals surface area contributed by atoms with Crippen molar-refractivity contribution < 1.29 is 13.9 Å². The number of aromatic nitrogens is 1. The fourth-order valence-electron chi connectivity index (χ4n) is 2.98. The van der Waals surface area contributed by atoms with Gasteiger partial charge in [-0.25, -0.2) is 14.2 Å². The van der Waals surface area contributed by atoms with Crippen molar-refractivity contribution in [2.45, 2.75) is 36.6 Å². The van der Waals surface area contributed by atoms with Crippen LogP contribution in [0.25, 0.3) is 0 Å². The summed E-state index contributed by atoms with van der Waals surface area (Å²) in [5, 5.41) is 0.532. The van der Waals surface area contributed by atoms with E-state index in [1.165, 1.54) is 0 Å². The van der Waals surface area contributed by atoms with Gasteiger partial charge in [0.15, 0.2) is 5.82 Å². The van der Waals surface area contributed by atoms with E-state index in [1.54, 1.807) is 11.1 Å². The minimum absolute atomic E-state index is 0.0492. The Bertz CT molecular complexity index is 681. The Morgan fingerprint density at radius 3 is 2.58 bits per heavy atom. The largest absolute Gasteiger partial charge is 0.444 e. The summed E-state index contributed by atoms with van der Waals surface area (Å²) in [5.41, 5.74) is 0.330. The fourth-order valence-corrected chi connectivity index (χ4v) is 4.11. The van der Waals surface area contributed by atoms with E-state index in [2.05, 4.69) is 32.5 Å². The molecule has 0 saturated carbocycles. The molecular formula is C17H23ClFIN4O2. The number of amides is 1. The number of rotatable bonds is 2. The van der Waals surface area contributed by atoms with Crippen LogP contribution in [0.5, 0.6) is 0 Å². The molecule has 1 atom stereocenters. The van der Waals surface area contributed by atoms with Crippen LogP contribution < -0.4 is 9.80 Å². The van der Waals surface area contributed by atoms with Crippen LogP contribution in [-0.4, -0.2) is 64.5 Å². The average Bonchev–Trinajstić information content (AvgIpc) is 2.50. The molecule has 2 aliphatic heterocycles. The third-order valence-corrected chi connectivity index (χ3v) is 5.51. The normalized spacial score (nSPS) is 21.6. The number of carbonyl (C=O) groups excluding carboxylic acids is 1. The molecule has 0 radical (unpaired) electrons. The number of pyridine rings is 1. The number of nitrogens with zero attached hydrogens (tertiary/aromatic N) is 4. The minimum Gasteiger partial charge on any atom is -0.444 e. The third kappa shape index (κ3) is 4.44. The third-order valence-electron chi connectivity index (χ3n) is 4.24. The Morgan fingerprint density at radius 2 is 2.00 bits per heavy atom. The van der Waals surface area contributed by atoms with Crippen LogP contribution in [0.15, 0.2) is 12.3 Å². The van der Waals surface area contributed by atoms with Crippen molar-refractivity contribution in [3.8, 4) is 0 Å². The first-order valence-electron chi connectivity index (χ1n) is 8.57. The van der Waals surface area contributed by atoms with Crippen molar-refractivity contribution in [1.29, 1.82) is 0 Å². The minimum atomic E-state index is -0.803. The van der Waals surface area contributed by atoms with Gasteiger partial charge in [0.1, 0.15) is 15.8 Å². The molecule has 0 bridgehead atoms. The Balaban J connectivity index is 1.72. The van der Waals surface area contributed by atoms with Gasteiger partial charge in [0.25, 0.3) is 0 Å². The van der Waals surface area contributed by atoms with Gasteiger partial charge in [-0.2, -0.15) is 0 Å². The second-order valence-corrected chi connectivity index (χ2v) is 9.43. The zero-order valence-electron chi connectivity index (χ0n) is 15.1. The highest BCUT2D eigenvalue weighted by Crippen LogP contribution is 2.35. The highest BCUT2D eigenvalue weighted by atomic mass is 127. The van der Waals surface area contributed by atoms with Crippen molar-refractivity contribution in [2.75, 3.05) is 42.5 Å². The molecule has 1 aromatic heterocycles. The Labute approximate surface area is 171 Å². The number of alkyl halides is 2. The summed E-state index contributed by atoms with van der Waals surface area (Å²) in [6, 6.07) is 1.83. The SMILES string of the molecule is CC(C)(C)OC(=O)N1CCN(c2ncc(Cl)cc2N2CC(F)C2)C[C@@H]1I. The maximum Gasteiger partial charge on any atom is 0.411 e. The highest BCUT2D eigenvalue weighted by Gasteiger charge is 2.35. The van der Waals surface area contributed by atoms with E-state index in [1.807, 2.05) is 31.7 Å². The summed E-state index contributed by atoms with van der Waals surface area (Å²) in [4.78, 5) is 22.7. The molecule has 144 valence electrons. The second kappa shape index (κ2) is 7.53. The van der Waals surface area contributed by atoms with Crippen LogP contribution in [0.4, 0.5) is 20.7 Å². The Morgan fingerprint density at radius 1 is 1.31 bits per heavy atom. The van der Waals surface area contributed by atoms with Gasteiger partial charge in [0.2, 0.25) is 0 Å². The van der Waals surface area contributed by atoms with Gasteiger partial charge in [-0.1, -0.05) is 34.2 Å². The maximum atomic E-state index is 13.3. The summed E-state index contributed by atoms with van der Waals surface area (Å²) in [6.07, 6.45) is 0.502. The molecule has 0 aliphatic carbocycles. The Hall–Kier alpha value is -1.03. The van der Waals surface area contributed by atoms with E-state index in [9.17, 15) is 9.18 Å². The number of hydrogen-bond donors (Lipinski definition) is 0. The van der Waals surface area contributed by atoms with Crippen LogP contribution in [0.2, 0.25) is 5.02 Å². The van der Waals surface area contributed by atoms with Gasteiger partial charge in [-0.3, -0.25) is 4.90 Å². The van der Waals surface area contributed by atoms with E-state index < -0.39 is 11.8 Å². The molecule has 1 amide bonds. The van der Waals surface area contributed by atoms with Gasteiger partial charge in [-0.05, 0) is 26.8 Å². The number of halogens is 3. The topological polar surface area (TPSA) is 48.9 Å². The molecule has 9 heteroatoms. The van der Waals surface area contributed by atoms with E-state index >= 15 is 0 Å². The van der Waals surface area contributed by atoms with Gasteiger partial charge in [0, 0.05) is 25.8 Å². The zero-order valence-corrected chi connectivity index (χ0v) is 18.0. The first-order valence-corrected chi connectivity index (χ1v) is 10.2. The van der Waals surface area contributed by atoms with E-state index in [4.69, 9.17) is 16.3 Å². The second-order valence-electron chi connectivity index (χ2n) is 7.55. The molecular weight excluding hydrogens is 474 g/mol. The molecule has 2 saturated heterocycles. The number of anilines is 2. The first-order chi connectivity index (χ1) is 12.1. The highest BCUT2D eigenvalue weighted by molar-refractivity contribution is 14.1. The summed E-state index contributed by atoms with van der Waals surface area (Å²) in [5.74, 6) is 0.784. The van der Waals surface area contributed by atoms with Crippen molar-refractivity contribution in [3.05, 3.63) is 17.3 Å². The molecule has 26 heavy (non-hydrogen) atoms. The van der Waals surface area contributed by atoms with Crippen molar-refractivity contribution in [2.24, 2.45) is 0 Å². The molecule has 2 aliphatic rings. The predicted octanol–water partition coefficient (Wildman–Crippen LogP) is 3.71. The summed E-state index contributed by atoms with van der Waals surface area (Å²) < 4.78 is 18.7. The monoisotopic (exact) mass is 496 g/mol. The van der Waals surface area contributed by atoms with Crippen LogP contribution in [0.3, 0.4) is 0 Å². The van der Waals surface area contributed by atoms with Gasteiger partial charge in [-0.15, -0.1) is 0 Å². The molecule has 6 nitrogen and oxygen atoms in total. The van der Waals surface area contributed by atoms with Gasteiger partial charge < -0.3 is 14.5 Å². The lowest BCUT2D eigenvalue weighted by atomic mass is 10.1. The average molecular weight is 497 g/mol. The quantitative estimate of drug-likeness (QED) is 0.355. The lowest BCUT2D eigenvalue weighted by Gasteiger charge is -2.42. The number of piperazine rings is 1. The molecule has 0 spiro atoms. The van der Waals surface area contributed by atoms with Crippen molar-refractivity contribution >= 4 is 51.8 Å². The number of carbonyl (C=O) groups is 1. The van der Waals surface area contributed by atoms with Crippen LogP contribution in [0.1, 0.15) is 20.8 Å². The molecule has 0 unspecified atom stereocenters. The first kappa shape index (κ1) is 19.7. The number of ether oxygens (including phenoxy) is 1. The molecule has 1 aromatic rings.